The molecule has 0 bridgehead atoms. The van der Waals surface area contributed by atoms with Crippen LogP contribution in [-0.4, -0.2) is 15.8 Å². The average molecular weight is 196 g/mol. The summed E-state index contributed by atoms with van der Waals surface area (Å²) in [6, 6.07) is 1.96. The number of aromatic hydroxyl groups is 1. The van der Waals surface area contributed by atoms with Crippen molar-refractivity contribution in [1.82, 2.24) is 0 Å². The van der Waals surface area contributed by atoms with E-state index in [0.29, 0.717) is 0 Å². The van der Waals surface area contributed by atoms with E-state index in [4.69, 9.17) is 5.73 Å². The predicted octanol–water partition coefficient (Wildman–Crippen LogP) is 1.09. The fourth-order valence-corrected chi connectivity index (χ4v) is 1.03. The molecule has 0 saturated carbocycles. The summed E-state index contributed by atoms with van der Waals surface area (Å²) in [5, 5.41) is 19.6. The molecule has 0 aliphatic heterocycles. The van der Waals surface area contributed by atoms with Gasteiger partial charge in [-0.3, -0.25) is 14.9 Å². The minimum Gasteiger partial charge on any atom is -0.507 e. The van der Waals surface area contributed by atoms with Crippen LogP contribution in [0, 0.1) is 10.1 Å². The molecule has 0 radical (unpaired) electrons. The zero-order chi connectivity index (χ0) is 10.9. The summed E-state index contributed by atoms with van der Waals surface area (Å²) in [5.41, 5.74) is 4.75. The lowest BCUT2D eigenvalue weighted by Crippen LogP contribution is -2.00. The molecule has 0 aromatic heterocycles. The molecule has 0 aliphatic carbocycles. The third-order valence-corrected chi connectivity index (χ3v) is 1.72. The van der Waals surface area contributed by atoms with Crippen LogP contribution in [0.5, 0.6) is 5.75 Å². The van der Waals surface area contributed by atoms with Crippen molar-refractivity contribution in [1.29, 1.82) is 0 Å². The van der Waals surface area contributed by atoms with Crippen LogP contribution in [0.1, 0.15) is 17.3 Å². The van der Waals surface area contributed by atoms with E-state index in [1.54, 1.807) is 0 Å². The van der Waals surface area contributed by atoms with Gasteiger partial charge in [-0.25, -0.2) is 0 Å². The molecule has 0 fully saturated rings. The van der Waals surface area contributed by atoms with Crippen LogP contribution in [0.2, 0.25) is 0 Å². The molecule has 0 heterocycles. The first-order valence-corrected chi connectivity index (χ1v) is 3.71. The molecule has 0 unspecified atom stereocenters. The SMILES string of the molecule is CC(=O)c1cc(N)c([N+](=O)[O-])cc1O. The number of nitro benzene ring substituents is 1. The third kappa shape index (κ3) is 1.63. The summed E-state index contributed by atoms with van der Waals surface area (Å²) in [7, 11) is 0. The maximum absolute atomic E-state index is 10.9. The van der Waals surface area contributed by atoms with Crippen LogP contribution >= 0.6 is 0 Å². The van der Waals surface area contributed by atoms with E-state index in [-0.39, 0.29) is 11.3 Å². The largest absolute Gasteiger partial charge is 0.507 e. The van der Waals surface area contributed by atoms with Gasteiger partial charge in [-0.15, -0.1) is 0 Å². The molecule has 3 N–H and O–H groups in total. The van der Waals surface area contributed by atoms with E-state index in [1.807, 2.05) is 0 Å². The van der Waals surface area contributed by atoms with Crippen LogP contribution in [0.25, 0.3) is 0 Å². The fourth-order valence-electron chi connectivity index (χ4n) is 1.03. The number of nitrogens with two attached hydrogens (primary N) is 1. The Kier molecular flexibility index (Phi) is 2.37. The van der Waals surface area contributed by atoms with Crippen molar-refractivity contribution in [3.05, 3.63) is 27.8 Å². The lowest BCUT2D eigenvalue weighted by molar-refractivity contribution is -0.384. The molecule has 1 aromatic rings. The summed E-state index contributed by atoms with van der Waals surface area (Å²) in [6.45, 7) is 1.24. The smallest absolute Gasteiger partial charge is 0.295 e. The molecular formula is C8H8N2O4. The maximum Gasteiger partial charge on any atom is 0.295 e. The highest BCUT2D eigenvalue weighted by Crippen LogP contribution is 2.29. The van der Waals surface area contributed by atoms with Gasteiger partial charge in [-0.05, 0) is 13.0 Å². The Balaban J connectivity index is 3.38. The van der Waals surface area contributed by atoms with Crippen molar-refractivity contribution >= 4 is 17.2 Å². The first kappa shape index (κ1) is 9.97. The first-order valence-electron chi connectivity index (χ1n) is 3.71. The number of nitrogen functional groups attached to an aromatic ring is 1. The number of hydrogen-bond acceptors (Lipinski definition) is 5. The minimum atomic E-state index is -0.723. The second kappa shape index (κ2) is 3.33. The normalized spacial score (nSPS) is 9.79. The van der Waals surface area contributed by atoms with Crippen molar-refractivity contribution in [2.24, 2.45) is 0 Å². The van der Waals surface area contributed by atoms with Crippen LogP contribution in [0.15, 0.2) is 12.1 Å². The van der Waals surface area contributed by atoms with E-state index in [9.17, 15) is 20.0 Å². The van der Waals surface area contributed by atoms with E-state index < -0.39 is 22.1 Å². The number of carbonyl (C=O) groups is 1. The number of benzene rings is 1. The molecule has 6 nitrogen and oxygen atoms in total. The van der Waals surface area contributed by atoms with Crippen molar-refractivity contribution in [3.63, 3.8) is 0 Å². The van der Waals surface area contributed by atoms with Crippen LogP contribution < -0.4 is 5.73 Å². The minimum absolute atomic E-state index is 0.0203. The molecule has 0 spiro atoms. The molecule has 0 aliphatic rings. The molecule has 74 valence electrons. The van der Waals surface area contributed by atoms with E-state index in [1.165, 1.54) is 6.92 Å². The highest BCUT2D eigenvalue weighted by atomic mass is 16.6. The lowest BCUT2D eigenvalue weighted by Gasteiger charge is -2.02. The van der Waals surface area contributed by atoms with Gasteiger partial charge < -0.3 is 10.8 Å². The maximum atomic E-state index is 10.9. The Bertz CT molecular complexity index is 374. The van der Waals surface area contributed by atoms with E-state index in [2.05, 4.69) is 0 Å². The highest BCUT2D eigenvalue weighted by Gasteiger charge is 2.17. The van der Waals surface area contributed by atoms with Crippen molar-refractivity contribution < 1.29 is 14.8 Å². The Morgan fingerprint density at radius 2 is 2.14 bits per heavy atom. The van der Waals surface area contributed by atoms with Crippen LogP contribution in [0.3, 0.4) is 0 Å². The van der Waals surface area contributed by atoms with Crippen LogP contribution in [0.4, 0.5) is 11.4 Å². The number of nitro groups is 1. The second-order valence-corrected chi connectivity index (χ2v) is 2.74. The van der Waals surface area contributed by atoms with Crippen molar-refractivity contribution in [3.8, 4) is 5.75 Å². The van der Waals surface area contributed by atoms with Gasteiger partial charge in [0.2, 0.25) is 0 Å². The molecule has 6 heteroatoms. The Labute approximate surface area is 79.1 Å². The monoisotopic (exact) mass is 196 g/mol. The zero-order valence-electron chi connectivity index (χ0n) is 7.35. The Morgan fingerprint density at radius 1 is 1.57 bits per heavy atom. The first-order chi connectivity index (χ1) is 6.43. The van der Waals surface area contributed by atoms with Gasteiger partial charge in [0.1, 0.15) is 11.4 Å². The number of carbonyl (C=O) groups excluding carboxylic acids is 1. The molecule has 0 saturated heterocycles. The molecule has 0 atom stereocenters. The number of Topliss-reactive ketones (excluding diaryl/α,β-unsaturated/α-hetero) is 1. The van der Waals surface area contributed by atoms with Gasteiger partial charge in [0.15, 0.2) is 5.78 Å². The summed E-state index contributed by atoms with van der Waals surface area (Å²) in [5.74, 6) is -0.831. The van der Waals surface area contributed by atoms with E-state index in [0.717, 1.165) is 12.1 Å². The molecule has 0 amide bonds. The fraction of sp³-hybridized carbons (Fsp3) is 0.125. The van der Waals surface area contributed by atoms with Crippen molar-refractivity contribution in [2.75, 3.05) is 5.73 Å². The molecular weight excluding hydrogens is 188 g/mol. The second-order valence-electron chi connectivity index (χ2n) is 2.74. The molecule has 1 rings (SSSR count). The number of ketones is 1. The number of hydrogen-bond donors (Lipinski definition) is 2. The molecule has 1 aromatic carbocycles. The van der Waals surface area contributed by atoms with Gasteiger partial charge in [0, 0.05) is 0 Å². The standard InChI is InChI=1S/C8H8N2O4/c1-4(11)5-2-6(9)7(10(13)14)3-8(5)12/h2-3,12H,9H2,1H3. The summed E-state index contributed by atoms with van der Waals surface area (Å²) in [6.07, 6.45) is 0. The van der Waals surface area contributed by atoms with E-state index >= 15 is 0 Å². The lowest BCUT2D eigenvalue weighted by atomic mass is 10.1. The highest BCUT2D eigenvalue weighted by molar-refractivity contribution is 5.98. The van der Waals surface area contributed by atoms with Gasteiger partial charge >= 0.3 is 0 Å². The number of phenolic OH excluding ortho intramolecular Hbond substituents is 1. The predicted molar refractivity (Wildman–Crippen MR) is 49.2 cm³/mol. The van der Waals surface area contributed by atoms with Crippen molar-refractivity contribution in [2.45, 2.75) is 6.92 Å². The zero-order valence-corrected chi connectivity index (χ0v) is 7.35. The Morgan fingerprint density at radius 3 is 2.57 bits per heavy atom. The summed E-state index contributed by atoms with van der Waals surface area (Å²) in [4.78, 5) is 20.6. The number of nitrogens with zero attached hydrogens (tertiary/aromatic N) is 1. The Hall–Kier alpha value is -2.11. The number of phenols is 1. The third-order valence-electron chi connectivity index (χ3n) is 1.72. The van der Waals surface area contributed by atoms with Gasteiger partial charge in [0.25, 0.3) is 5.69 Å². The van der Waals surface area contributed by atoms with Gasteiger partial charge in [-0.1, -0.05) is 0 Å². The quantitative estimate of drug-likeness (QED) is 0.242. The number of anilines is 1. The van der Waals surface area contributed by atoms with Gasteiger partial charge in [-0.2, -0.15) is 0 Å². The summed E-state index contributed by atoms with van der Waals surface area (Å²) < 4.78 is 0. The van der Waals surface area contributed by atoms with Crippen LogP contribution in [-0.2, 0) is 0 Å². The topological polar surface area (TPSA) is 106 Å². The molecule has 14 heavy (non-hydrogen) atoms. The average Bonchev–Trinajstić information content (AvgIpc) is 2.07. The summed E-state index contributed by atoms with van der Waals surface area (Å²) >= 11 is 0. The number of rotatable bonds is 2. The van der Waals surface area contributed by atoms with Gasteiger partial charge in [0.05, 0.1) is 16.6 Å².